The lowest BCUT2D eigenvalue weighted by molar-refractivity contribution is -0.104. The molecule has 1 aromatic carbocycles. The maximum atomic E-state index is 10.0. The molecule has 0 aliphatic heterocycles. The van der Waals surface area contributed by atoms with Crippen LogP contribution in [0.5, 0.6) is 0 Å². The smallest absolute Gasteiger partial charge is 0.142 e. The third-order valence-corrected chi connectivity index (χ3v) is 1.54. The van der Waals surface area contributed by atoms with E-state index >= 15 is 0 Å². The summed E-state index contributed by atoms with van der Waals surface area (Å²) in [4.78, 5) is 10.0. The molecule has 1 nitrogen and oxygen atoms in total. The lowest BCUT2D eigenvalue weighted by Crippen LogP contribution is -1.77. The van der Waals surface area contributed by atoms with Crippen LogP contribution in [0, 0.1) is 6.92 Å². The monoisotopic (exact) mass is 146 g/mol. The van der Waals surface area contributed by atoms with Crippen molar-refractivity contribution in [2.24, 2.45) is 0 Å². The zero-order chi connectivity index (χ0) is 8.10. The normalized spacial score (nSPS) is 10.3. The molecule has 0 aliphatic carbocycles. The Labute approximate surface area is 66.4 Å². The summed E-state index contributed by atoms with van der Waals surface area (Å²) in [6.45, 7) is 2.02. The van der Waals surface area contributed by atoms with Crippen molar-refractivity contribution in [3.63, 3.8) is 0 Å². The molecule has 0 aliphatic rings. The third kappa shape index (κ3) is 2.04. The number of carbonyl (C=O) groups excluding carboxylic acids is 1. The minimum absolute atomic E-state index is 0.784. The first-order valence-corrected chi connectivity index (χ1v) is 3.52. The van der Waals surface area contributed by atoms with Gasteiger partial charge in [0.2, 0.25) is 0 Å². The van der Waals surface area contributed by atoms with E-state index in [1.807, 2.05) is 37.3 Å². The van der Waals surface area contributed by atoms with E-state index < -0.39 is 0 Å². The van der Waals surface area contributed by atoms with Crippen LogP contribution in [-0.2, 0) is 4.79 Å². The largest absolute Gasteiger partial charge is 0.299 e. The van der Waals surface area contributed by atoms with Crippen molar-refractivity contribution in [3.8, 4) is 0 Å². The number of benzene rings is 1. The van der Waals surface area contributed by atoms with Crippen molar-refractivity contribution in [3.05, 3.63) is 41.5 Å². The van der Waals surface area contributed by atoms with Gasteiger partial charge < -0.3 is 0 Å². The van der Waals surface area contributed by atoms with Gasteiger partial charge in [0, 0.05) is 0 Å². The zero-order valence-electron chi connectivity index (χ0n) is 6.45. The molecule has 1 rings (SSSR count). The van der Waals surface area contributed by atoms with Gasteiger partial charge in [0.05, 0.1) is 0 Å². The maximum Gasteiger partial charge on any atom is 0.142 e. The predicted octanol–water partition coefficient (Wildman–Crippen LogP) is 2.21. The highest BCUT2D eigenvalue weighted by atomic mass is 16.1. The van der Waals surface area contributed by atoms with Gasteiger partial charge in [-0.25, -0.2) is 0 Å². The van der Waals surface area contributed by atoms with E-state index in [-0.39, 0.29) is 0 Å². The van der Waals surface area contributed by atoms with E-state index in [2.05, 4.69) is 0 Å². The van der Waals surface area contributed by atoms with Gasteiger partial charge in [-0.1, -0.05) is 30.3 Å². The van der Waals surface area contributed by atoms with Crippen molar-refractivity contribution >= 4 is 12.4 Å². The summed E-state index contributed by atoms with van der Waals surface area (Å²) < 4.78 is 0. The summed E-state index contributed by atoms with van der Waals surface area (Å²) in [5.41, 5.74) is 2.28. The molecule has 1 heteroatoms. The summed E-state index contributed by atoms with van der Waals surface area (Å²) in [6, 6.07) is 7.94. The fourth-order valence-electron chi connectivity index (χ4n) is 0.917. The molecule has 0 bridgehead atoms. The molecule has 0 aromatic heterocycles. The second-order valence-electron chi connectivity index (χ2n) is 2.35. The van der Waals surface area contributed by atoms with Crippen LogP contribution in [0.25, 0.3) is 6.08 Å². The Morgan fingerprint density at radius 3 is 2.64 bits per heavy atom. The van der Waals surface area contributed by atoms with Crippen molar-refractivity contribution < 1.29 is 4.79 Å². The molecule has 0 saturated heterocycles. The number of hydrogen-bond acceptors (Lipinski definition) is 1. The molecule has 0 radical (unpaired) electrons. The number of hydrogen-bond donors (Lipinski definition) is 0. The molecule has 0 saturated carbocycles. The molecule has 1 aromatic rings. The van der Waals surface area contributed by atoms with E-state index in [0.29, 0.717) is 0 Å². The van der Waals surface area contributed by atoms with Gasteiger partial charge in [-0.2, -0.15) is 0 Å². The fraction of sp³-hybridized carbons (Fsp3) is 0.100. The Hall–Kier alpha value is -1.37. The minimum Gasteiger partial charge on any atom is -0.299 e. The zero-order valence-corrected chi connectivity index (χ0v) is 6.45. The highest BCUT2D eigenvalue weighted by molar-refractivity contribution is 5.74. The van der Waals surface area contributed by atoms with Gasteiger partial charge in [0.1, 0.15) is 6.29 Å². The third-order valence-electron chi connectivity index (χ3n) is 1.54. The fourth-order valence-corrected chi connectivity index (χ4v) is 0.917. The van der Waals surface area contributed by atoms with Gasteiger partial charge in [-0.15, -0.1) is 0 Å². The number of carbonyl (C=O) groups is 1. The molecular formula is C10H10O. The van der Waals surface area contributed by atoms with Gasteiger partial charge >= 0.3 is 0 Å². The quantitative estimate of drug-likeness (QED) is 0.461. The SMILES string of the molecule is Cc1ccccc1C=CC=O. The minimum atomic E-state index is 0.784. The van der Waals surface area contributed by atoms with Crippen molar-refractivity contribution in [2.45, 2.75) is 6.92 Å². The number of rotatable bonds is 2. The standard InChI is InChI=1S/C10H10O/c1-9-5-2-3-6-10(9)7-4-8-11/h2-8H,1H3. The summed E-state index contributed by atoms with van der Waals surface area (Å²) in [6.07, 6.45) is 4.09. The highest BCUT2D eigenvalue weighted by Gasteiger charge is 1.88. The average Bonchev–Trinajstić information content (AvgIpc) is 2.03. The van der Waals surface area contributed by atoms with Crippen LogP contribution in [-0.4, -0.2) is 6.29 Å². The van der Waals surface area contributed by atoms with E-state index in [4.69, 9.17) is 0 Å². The topological polar surface area (TPSA) is 17.1 Å². The number of allylic oxidation sites excluding steroid dienone is 1. The molecular weight excluding hydrogens is 136 g/mol. The van der Waals surface area contributed by atoms with E-state index in [1.165, 1.54) is 11.6 Å². The number of aldehydes is 1. The predicted molar refractivity (Wildman–Crippen MR) is 46.3 cm³/mol. The van der Waals surface area contributed by atoms with Gasteiger partial charge in [-0.3, -0.25) is 4.79 Å². The molecule has 11 heavy (non-hydrogen) atoms. The van der Waals surface area contributed by atoms with Crippen LogP contribution < -0.4 is 0 Å². The molecule has 0 spiro atoms. The second kappa shape index (κ2) is 3.71. The highest BCUT2D eigenvalue weighted by Crippen LogP contribution is 2.07. The summed E-state index contributed by atoms with van der Waals surface area (Å²) in [5.74, 6) is 0. The average molecular weight is 146 g/mol. The molecule has 0 unspecified atom stereocenters. The first-order valence-electron chi connectivity index (χ1n) is 3.52. The molecule has 56 valence electrons. The van der Waals surface area contributed by atoms with E-state index in [9.17, 15) is 4.79 Å². The number of aryl methyl sites for hydroxylation is 1. The van der Waals surface area contributed by atoms with Crippen LogP contribution in [0.15, 0.2) is 30.3 Å². The van der Waals surface area contributed by atoms with Crippen LogP contribution in [0.3, 0.4) is 0 Å². The van der Waals surface area contributed by atoms with Crippen LogP contribution in [0.4, 0.5) is 0 Å². The van der Waals surface area contributed by atoms with Crippen molar-refractivity contribution in [1.29, 1.82) is 0 Å². The lowest BCUT2D eigenvalue weighted by atomic mass is 10.1. The van der Waals surface area contributed by atoms with Crippen LogP contribution in [0.2, 0.25) is 0 Å². The molecule has 0 heterocycles. The molecule has 0 N–H and O–H groups in total. The lowest BCUT2D eigenvalue weighted by Gasteiger charge is -1.96. The van der Waals surface area contributed by atoms with E-state index in [1.54, 1.807) is 0 Å². The first kappa shape index (κ1) is 7.73. The Morgan fingerprint density at radius 2 is 2.00 bits per heavy atom. The first-order chi connectivity index (χ1) is 5.34. The second-order valence-corrected chi connectivity index (χ2v) is 2.35. The Bertz CT molecular complexity index is 274. The molecule has 0 fully saturated rings. The van der Waals surface area contributed by atoms with Gasteiger partial charge in [0.25, 0.3) is 0 Å². The molecule has 0 atom stereocenters. The van der Waals surface area contributed by atoms with Crippen LogP contribution >= 0.6 is 0 Å². The Morgan fingerprint density at radius 1 is 1.27 bits per heavy atom. The summed E-state index contributed by atoms with van der Waals surface area (Å²) in [7, 11) is 0. The van der Waals surface area contributed by atoms with E-state index in [0.717, 1.165) is 11.8 Å². The Kier molecular flexibility index (Phi) is 2.61. The van der Waals surface area contributed by atoms with Crippen molar-refractivity contribution in [2.75, 3.05) is 0 Å². The summed E-state index contributed by atoms with van der Waals surface area (Å²) in [5, 5.41) is 0. The van der Waals surface area contributed by atoms with Crippen LogP contribution in [0.1, 0.15) is 11.1 Å². The van der Waals surface area contributed by atoms with Gasteiger partial charge in [0.15, 0.2) is 0 Å². The molecule has 0 amide bonds. The van der Waals surface area contributed by atoms with Crippen molar-refractivity contribution in [1.82, 2.24) is 0 Å². The van der Waals surface area contributed by atoms with Gasteiger partial charge in [-0.05, 0) is 24.1 Å². The summed E-state index contributed by atoms with van der Waals surface area (Å²) >= 11 is 0. The maximum absolute atomic E-state index is 10.0. The Balaban J connectivity index is 2.94.